The van der Waals surface area contributed by atoms with Gasteiger partial charge in [0.1, 0.15) is 11.5 Å². The first-order chi connectivity index (χ1) is 15.5. The molecule has 0 saturated carbocycles. The molecular weight excluding hydrogens is 400 g/mol. The SMILES string of the molecule is C=C[C@H]([C@H](O)CC/C(=C/c1cccc(O)c1)c1ccccc1)[C@H](O)c1ccc(OC)cc1. The van der Waals surface area contributed by atoms with E-state index in [1.807, 2.05) is 42.5 Å². The molecule has 0 aliphatic heterocycles. The highest BCUT2D eigenvalue weighted by Gasteiger charge is 2.25. The lowest BCUT2D eigenvalue weighted by Gasteiger charge is -2.26. The zero-order chi connectivity index (χ0) is 22.9. The van der Waals surface area contributed by atoms with Crippen molar-refractivity contribution in [3.63, 3.8) is 0 Å². The van der Waals surface area contributed by atoms with Gasteiger partial charge in [-0.2, -0.15) is 0 Å². The third-order valence-electron chi connectivity index (χ3n) is 5.60. The number of ether oxygens (including phenoxy) is 1. The fraction of sp³-hybridized carbons (Fsp3) is 0.214. The molecule has 4 nitrogen and oxygen atoms in total. The van der Waals surface area contributed by atoms with Crippen molar-refractivity contribution in [2.75, 3.05) is 7.11 Å². The van der Waals surface area contributed by atoms with Crippen LogP contribution in [-0.2, 0) is 0 Å². The quantitative estimate of drug-likeness (QED) is 0.288. The molecule has 0 heterocycles. The second-order valence-corrected chi connectivity index (χ2v) is 7.77. The van der Waals surface area contributed by atoms with Gasteiger partial charge in [0, 0.05) is 5.92 Å². The van der Waals surface area contributed by atoms with Crippen molar-refractivity contribution in [2.24, 2.45) is 5.92 Å². The maximum absolute atomic E-state index is 10.9. The minimum atomic E-state index is -0.872. The highest BCUT2D eigenvalue weighted by atomic mass is 16.5. The summed E-state index contributed by atoms with van der Waals surface area (Å²) in [4.78, 5) is 0. The number of hydrogen-bond donors (Lipinski definition) is 3. The number of rotatable bonds is 10. The average molecular weight is 431 g/mol. The Bertz CT molecular complexity index is 1020. The van der Waals surface area contributed by atoms with Gasteiger partial charge in [-0.15, -0.1) is 6.58 Å². The summed E-state index contributed by atoms with van der Waals surface area (Å²) >= 11 is 0. The van der Waals surface area contributed by atoms with Crippen molar-refractivity contribution in [1.82, 2.24) is 0 Å². The van der Waals surface area contributed by atoms with Crippen molar-refractivity contribution in [2.45, 2.75) is 25.0 Å². The van der Waals surface area contributed by atoms with E-state index in [-0.39, 0.29) is 5.75 Å². The summed E-state index contributed by atoms with van der Waals surface area (Å²) in [6.07, 6.45) is 3.03. The number of aliphatic hydroxyl groups is 2. The lowest BCUT2D eigenvalue weighted by Crippen LogP contribution is -2.25. The Morgan fingerprint density at radius 3 is 2.31 bits per heavy atom. The molecule has 0 aromatic heterocycles. The fourth-order valence-electron chi connectivity index (χ4n) is 3.78. The molecular formula is C28H30O4. The molecule has 3 atom stereocenters. The molecule has 32 heavy (non-hydrogen) atoms. The van der Waals surface area contributed by atoms with E-state index >= 15 is 0 Å². The van der Waals surface area contributed by atoms with Crippen LogP contribution in [0, 0.1) is 5.92 Å². The molecule has 4 heteroatoms. The molecule has 0 radical (unpaired) electrons. The molecule has 0 unspecified atom stereocenters. The molecule has 0 aliphatic carbocycles. The third kappa shape index (κ3) is 6.10. The van der Waals surface area contributed by atoms with E-state index < -0.39 is 18.1 Å². The van der Waals surface area contributed by atoms with E-state index in [2.05, 4.69) is 6.58 Å². The topological polar surface area (TPSA) is 69.9 Å². The Balaban J connectivity index is 1.77. The third-order valence-corrected chi connectivity index (χ3v) is 5.60. The molecule has 0 bridgehead atoms. The van der Waals surface area contributed by atoms with Crippen LogP contribution in [0.1, 0.15) is 35.6 Å². The zero-order valence-corrected chi connectivity index (χ0v) is 18.3. The van der Waals surface area contributed by atoms with E-state index in [4.69, 9.17) is 4.74 Å². The summed E-state index contributed by atoms with van der Waals surface area (Å²) in [7, 11) is 1.59. The van der Waals surface area contributed by atoms with Gasteiger partial charge in [-0.25, -0.2) is 0 Å². The summed E-state index contributed by atoms with van der Waals surface area (Å²) in [5, 5.41) is 31.6. The average Bonchev–Trinajstić information content (AvgIpc) is 2.82. The monoisotopic (exact) mass is 430 g/mol. The van der Waals surface area contributed by atoms with Crippen LogP contribution in [0.15, 0.2) is 91.5 Å². The van der Waals surface area contributed by atoms with Gasteiger partial charge in [0.15, 0.2) is 0 Å². The van der Waals surface area contributed by atoms with E-state index in [0.29, 0.717) is 24.2 Å². The van der Waals surface area contributed by atoms with Gasteiger partial charge < -0.3 is 20.1 Å². The number of aromatic hydroxyl groups is 1. The second kappa shape index (κ2) is 11.3. The summed E-state index contributed by atoms with van der Waals surface area (Å²) in [5.74, 6) is 0.406. The van der Waals surface area contributed by atoms with Crippen LogP contribution in [0.5, 0.6) is 11.5 Å². The molecule has 0 fully saturated rings. The van der Waals surface area contributed by atoms with Gasteiger partial charge in [-0.3, -0.25) is 0 Å². The lowest BCUT2D eigenvalue weighted by molar-refractivity contribution is 0.0325. The predicted molar refractivity (Wildman–Crippen MR) is 129 cm³/mol. The fourth-order valence-corrected chi connectivity index (χ4v) is 3.78. The van der Waals surface area contributed by atoms with E-state index in [9.17, 15) is 15.3 Å². The Kier molecular flexibility index (Phi) is 8.26. The molecule has 166 valence electrons. The molecule has 3 aromatic carbocycles. The first-order valence-electron chi connectivity index (χ1n) is 10.7. The standard InChI is InChI=1S/C28H30O4/c1-3-26(28(31)22-12-15-25(32-2)16-13-22)27(30)17-14-23(21-9-5-4-6-10-21)18-20-8-7-11-24(29)19-20/h3-13,15-16,18-19,26-31H,1,14,17H2,2H3/b23-18-/t26-,27-,28-/m1/s1. The van der Waals surface area contributed by atoms with Crippen LogP contribution in [0.4, 0.5) is 0 Å². The van der Waals surface area contributed by atoms with Crippen LogP contribution in [0.25, 0.3) is 11.6 Å². The number of benzene rings is 3. The Labute approximate surface area is 189 Å². The van der Waals surface area contributed by atoms with Gasteiger partial charge in [-0.1, -0.05) is 66.7 Å². The maximum Gasteiger partial charge on any atom is 0.118 e. The first-order valence-corrected chi connectivity index (χ1v) is 10.7. The smallest absolute Gasteiger partial charge is 0.118 e. The van der Waals surface area contributed by atoms with Gasteiger partial charge in [-0.05, 0) is 59.4 Å². The lowest BCUT2D eigenvalue weighted by atomic mass is 9.87. The highest BCUT2D eigenvalue weighted by molar-refractivity contribution is 5.81. The van der Waals surface area contributed by atoms with E-state index in [0.717, 1.165) is 16.7 Å². The van der Waals surface area contributed by atoms with Crippen LogP contribution >= 0.6 is 0 Å². The molecule has 0 saturated heterocycles. The van der Waals surface area contributed by atoms with Gasteiger partial charge in [0.25, 0.3) is 0 Å². The van der Waals surface area contributed by atoms with Crippen molar-refractivity contribution in [3.05, 3.63) is 108 Å². The van der Waals surface area contributed by atoms with Crippen LogP contribution < -0.4 is 4.74 Å². The summed E-state index contributed by atoms with van der Waals surface area (Å²) in [6.45, 7) is 3.84. The largest absolute Gasteiger partial charge is 0.508 e. The Morgan fingerprint density at radius 1 is 0.969 bits per heavy atom. The minimum absolute atomic E-state index is 0.209. The Morgan fingerprint density at radius 2 is 1.69 bits per heavy atom. The van der Waals surface area contributed by atoms with Crippen molar-refractivity contribution < 1.29 is 20.1 Å². The summed E-state index contributed by atoms with van der Waals surface area (Å²) in [6, 6.07) is 24.2. The Hall–Kier alpha value is -3.34. The number of hydrogen-bond acceptors (Lipinski definition) is 4. The van der Waals surface area contributed by atoms with Crippen molar-refractivity contribution in [3.8, 4) is 11.5 Å². The molecule has 3 rings (SSSR count). The predicted octanol–water partition coefficient (Wildman–Crippen LogP) is 5.62. The van der Waals surface area contributed by atoms with E-state index in [1.165, 1.54) is 0 Å². The van der Waals surface area contributed by atoms with E-state index in [1.54, 1.807) is 55.7 Å². The summed E-state index contributed by atoms with van der Waals surface area (Å²) in [5.41, 5.74) is 3.68. The van der Waals surface area contributed by atoms with Crippen molar-refractivity contribution >= 4 is 11.6 Å². The highest BCUT2D eigenvalue weighted by Crippen LogP contribution is 2.31. The number of allylic oxidation sites excluding steroid dienone is 1. The minimum Gasteiger partial charge on any atom is -0.508 e. The van der Waals surface area contributed by atoms with Crippen LogP contribution in [0.2, 0.25) is 0 Å². The molecule has 0 amide bonds. The van der Waals surface area contributed by atoms with Crippen molar-refractivity contribution in [1.29, 1.82) is 0 Å². The number of phenols is 1. The second-order valence-electron chi connectivity index (χ2n) is 7.77. The van der Waals surface area contributed by atoms with Gasteiger partial charge in [0.2, 0.25) is 0 Å². The number of methoxy groups -OCH3 is 1. The van der Waals surface area contributed by atoms with Gasteiger partial charge >= 0.3 is 0 Å². The van der Waals surface area contributed by atoms with Crippen LogP contribution in [-0.4, -0.2) is 28.5 Å². The number of phenolic OH excluding ortho intramolecular Hbond substituents is 1. The zero-order valence-electron chi connectivity index (χ0n) is 18.3. The molecule has 3 N–H and O–H groups in total. The first kappa shape index (κ1) is 23.3. The summed E-state index contributed by atoms with van der Waals surface area (Å²) < 4.78 is 5.17. The van der Waals surface area contributed by atoms with Crippen LogP contribution in [0.3, 0.4) is 0 Å². The number of aliphatic hydroxyl groups excluding tert-OH is 2. The molecule has 0 aliphatic rings. The normalized spacial score (nSPS) is 14.4. The van der Waals surface area contributed by atoms with Gasteiger partial charge in [0.05, 0.1) is 19.3 Å². The molecule has 3 aromatic rings. The maximum atomic E-state index is 10.9. The molecule has 0 spiro atoms.